The lowest BCUT2D eigenvalue weighted by Gasteiger charge is -2.05. The zero-order valence-corrected chi connectivity index (χ0v) is 12.2. The van der Waals surface area contributed by atoms with Crippen molar-refractivity contribution in [1.82, 2.24) is 19.9 Å². The van der Waals surface area contributed by atoms with Gasteiger partial charge in [-0.25, -0.2) is 9.97 Å². The first-order valence-electron chi connectivity index (χ1n) is 6.29. The summed E-state index contributed by atoms with van der Waals surface area (Å²) < 4.78 is 0. The molecule has 0 unspecified atom stereocenters. The van der Waals surface area contributed by atoms with E-state index in [0.29, 0.717) is 16.5 Å². The second kappa shape index (κ2) is 5.14. The highest BCUT2D eigenvalue weighted by Gasteiger charge is 2.15. The molecule has 106 valence electrons. The predicted octanol–water partition coefficient (Wildman–Crippen LogP) is 2.88. The Balaban J connectivity index is 2.00. The highest BCUT2D eigenvalue weighted by molar-refractivity contribution is 6.31. The molecule has 3 rings (SSSR count). The van der Waals surface area contributed by atoms with E-state index in [9.17, 15) is 4.79 Å². The number of carbonyl (C=O) groups is 1. The van der Waals surface area contributed by atoms with Gasteiger partial charge in [0.2, 0.25) is 0 Å². The number of hydrogen-bond acceptors (Lipinski definition) is 4. The average Bonchev–Trinajstić information content (AvgIpc) is 2.75. The lowest BCUT2D eigenvalue weighted by Crippen LogP contribution is -2.15. The Bertz CT molecular complexity index is 842. The summed E-state index contributed by atoms with van der Waals surface area (Å²) in [5, 5.41) is 4.00. The van der Waals surface area contributed by atoms with Crippen molar-refractivity contribution in [1.29, 1.82) is 0 Å². The Hall–Kier alpha value is -2.47. The molecule has 3 heterocycles. The number of amides is 1. The maximum Gasteiger partial charge on any atom is 0.275 e. The second-order valence-corrected chi connectivity index (χ2v) is 5.07. The fourth-order valence-corrected chi connectivity index (χ4v) is 2.25. The van der Waals surface area contributed by atoms with Crippen LogP contribution in [0.25, 0.3) is 11.0 Å². The van der Waals surface area contributed by atoms with Crippen molar-refractivity contribution < 1.29 is 4.79 Å². The number of carbonyl (C=O) groups excluding carboxylic acids is 1. The third-order valence-electron chi connectivity index (χ3n) is 3.28. The van der Waals surface area contributed by atoms with Gasteiger partial charge in [-0.3, -0.25) is 9.78 Å². The molecule has 0 aromatic carbocycles. The monoisotopic (exact) mass is 301 g/mol. The first-order chi connectivity index (χ1) is 10.1. The van der Waals surface area contributed by atoms with Gasteiger partial charge in [0.25, 0.3) is 5.91 Å². The number of hydrogen-bond donors (Lipinski definition) is 2. The highest BCUT2D eigenvalue weighted by Crippen LogP contribution is 2.25. The van der Waals surface area contributed by atoms with Gasteiger partial charge in [0.15, 0.2) is 0 Å². The standard InChI is InChI=1S/C14H12ClN5O/c1-7-8(2)19-12-11(7)13(18-6-17-12)20-14(21)10-5-9(15)3-4-16-10/h3-6H,1-2H3,(H2,17,18,19,20,21). The summed E-state index contributed by atoms with van der Waals surface area (Å²) in [6.07, 6.45) is 2.89. The molecule has 0 aliphatic carbocycles. The van der Waals surface area contributed by atoms with E-state index in [1.807, 2.05) is 13.8 Å². The summed E-state index contributed by atoms with van der Waals surface area (Å²) in [7, 11) is 0. The summed E-state index contributed by atoms with van der Waals surface area (Å²) in [5.74, 6) is 0.0874. The van der Waals surface area contributed by atoms with E-state index in [4.69, 9.17) is 11.6 Å². The van der Waals surface area contributed by atoms with Gasteiger partial charge in [-0.1, -0.05) is 11.6 Å². The van der Waals surface area contributed by atoms with Crippen LogP contribution in [0.15, 0.2) is 24.7 Å². The molecule has 0 aliphatic heterocycles. The highest BCUT2D eigenvalue weighted by atomic mass is 35.5. The first kappa shape index (κ1) is 13.5. The van der Waals surface area contributed by atoms with E-state index < -0.39 is 0 Å². The Labute approximate surface area is 125 Å². The largest absolute Gasteiger partial charge is 0.343 e. The fourth-order valence-electron chi connectivity index (χ4n) is 2.09. The SMILES string of the molecule is Cc1[nH]c2ncnc(NC(=O)c3cc(Cl)ccn3)c2c1C. The topological polar surface area (TPSA) is 83.6 Å². The molecule has 6 nitrogen and oxygen atoms in total. The lowest BCUT2D eigenvalue weighted by atomic mass is 10.2. The minimum atomic E-state index is -0.365. The van der Waals surface area contributed by atoms with Crippen molar-refractivity contribution in [3.63, 3.8) is 0 Å². The first-order valence-corrected chi connectivity index (χ1v) is 6.67. The number of rotatable bonds is 2. The van der Waals surface area contributed by atoms with Gasteiger partial charge < -0.3 is 10.3 Å². The molecular weight excluding hydrogens is 290 g/mol. The number of pyridine rings is 1. The van der Waals surface area contributed by atoms with Crippen LogP contribution >= 0.6 is 11.6 Å². The molecule has 0 bridgehead atoms. The third kappa shape index (κ3) is 2.45. The van der Waals surface area contributed by atoms with Gasteiger partial charge in [0, 0.05) is 16.9 Å². The summed E-state index contributed by atoms with van der Waals surface area (Å²) in [5.41, 5.74) is 2.91. The molecule has 0 aliphatic rings. The van der Waals surface area contributed by atoms with E-state index in [-0.39, 0.29) is 11.6 Å². The van der Waals surface area contributed by atoms with Gasteiger partial charge in [-0.05, 0) is 31.5 Å². The zero-order chi connectivity index (χ0) is 15.0. The number of nitrogens with one attached hydrogen (secondary N) is 2. The number of halogens is 1. The van der Waals surface area contributed by atoms with Gasteiger partial charge in [0.1, 0.15) is 23.5 Å². The van der Waals surface area contributed by atoms with Crippen LogP contribution < -0.4 is 5.32 Å². The van der Waals surface area contributed by atoms with Gasteiger partial charge in [-0.2, -0.15) is 0 Å². The number of anilines is 1. The van der Waals surface area contributed by atoms with Crippen LogP contribution in [0.4, 0.5) is 5.82 Å². The number of H-pyrrole nitrogens is 1. The van der Waals surface area contributed by atoms with E-state index >= 15 is 0 Å². The summed E-state index contributed by atoms with van der Waals surface area (Å²) in [4.78, 5) is 27.7. The molecular formula is C14H12ClN5O. The smallest absolute Gasteiger partial charge is 0.275 e. The molecule has 3 aromatic rings. The number of aromatic amines is 1. The lowest BCUT2D eigenvalue weighted by molar-refractivity contribution is 0.102. The van der Waals surface area contributed by atoms with Crippen LogP contribution in [0, 0.1) is 13.8 Å². The molecule has 0 saturated carbocycles. The van der Waals surface area contributed by atoms with E-state index in [1.165, 1.54) is 18.6 Å². The quantitative estimate of drug-likeness (QED) is 0.762. The fraction of sp³-hybridized carbons (Fsp3) is 0.143. The predicted molar refractivity (Wildman–Crippen MR) is 80.6 cm³/mol. The maximum absolute atomic E-state index is 12.2. The van der Waals surface area contributed by atoms with Gasteiger partial charge in [0.05, 0.1) is 5.39 Å². The van der Waals surface area contributed by atoms with Crippen LogP contribution in [-0.4, -0.2) is 25.8 Å². The molecule has 0 saturated heterocycles. The molecule has 0 fully saturated rings. The second-order valence-electron chi connectivity index (χ2n) is 4.63. The van der Waals surface area contributed by atoms with E-state index in [0.717, 1.165) is 16.6 Å². The van der Waals surface area contributed by atoms with Crippen molar-refractivity contribution in [3.05, 3.63) is 46.6 Å². The molecule has 1 amide bonds. The maximum atomic E-state index is 12.2. The van der Waals surface area contributed by atoms with Crippen molar-refractivity contribution >= 4 is 34.4 Å². The Morgan fingerprint density at radius 3 is 2.86 bits per heavy atom. The minimum absolute atomic E-state index is 0.235. The normalized spacial score (nSPS) is 10.8. The van der Waals surface area contributed by atoms with Gasteiger partial charge >= 0.3 is 0 Å². The van der Waals surface area contributed by atoms with Crippen molar-refractivity contribution in [2.24, 2.45) is 0 Å². The summed E-state index contributed by atoms with van der Waals surface area (Å²) in [6.45, 7) is 3.89. The zero-order valence-electron chi connectivity index (χ0n) is 11.4. The molecule has 0 spiro atoms. The number of fused-ring (bicyclic) bond motifs is 1. The Kier molecular flexibility index (Phi) is 3.31. The van der Waals surface area contributed by atoms with Gasteiger partial charge in [-0.15, -0.1) is 0 Å². The van der Waals surface area contributed by atoms with E-state index in [2.05, 4.69) is 25.3 Å². The van der Waals surface area contributed by atoms with Crippen LogP contribution in [0.5, 0.6) is 0 Å². The Morgan fingerprint density at radius 1 is 1.29 bits per heavy atom. The molecule has 2 N–H and O–H groups in total. The third-order valence-corrected chi connectivity index (χ3v) is 3.51. The Morgan fingerprint density at radius 2 is 2.10 bits per heavy atom. The van der Waals surface area contributed by atoms with Crippen LogP contribution in [0.3, 0.4) is 0 Å². The summed E-state index contributed by atoms with van der Waals surface area (Å²) >= 11 is 5.86. The number of aromatic nitrogens is 4. The minimum Gasteiger partial charge on any atom is -0.343 e. The van der Waals surface area contributed by atoms with Crippen LogP contribution in [0.2, 0.25) is 5.02 Å². The molecule has 0 radical (unpaired) electrons. The van der Waals surface area contributed by atoms with Crippen molar-refractivity contribution in [2.75, 3.05) is 5.32 Å². The molecule has 21 heavy (non-hydrogen) atoms. The van der Waals surface area contributed by atoms with Crippen LogP contribution in [0.1, 0.15) is 21.7 Å². The number of nitrogens with zero attached hydrogens (tertiary/aromatic N) is 3. The van der Waals surface area contributed by atoms with Crippen molar-refractivity contribution in [2.45, 2.75) is 13.8 Å². The van der Waals surface area contributed by atoms with Crippen LogP contribution in [-0.2, 0) is 0 Å². The van der Waals surface area contributed by atoms with Crippen molar-refractivity contribution in [3.8, 4) is 0 Å². The molecule has 0 atom stereocenters. The summed E-state index contributed by atoms with van der Waals surface area (Å²) in [6, 6.07) is 3.12. The van der Waals surface area contributed by atoms with E-state index in [1.54, 1.807) is 6.07 Å². The average molecular weight is 302 g/mol. The number of aryl methyl sites for hydroxylation is 2. The molecule has 7 heteroatoms. The molecule has 3 aromatic heterocycles.